The third-order valence-electron chi connectivity index (χ3n) is 5.76. The van der Waals surface area contributed by atoms with Gasteiger partial charge in [0, 0.05) is 22.4 Å². The van der Waals surface area contributed by atoms with Crippen LogP contribution in [0.1, 0.15) is 33.5 Å². The number of cyclic esters (lactones) is 1. The summed E-state index contributed by atoms with van der Waals surface area (Å²) in [6.45, 7) is 0.115. The number of aliphatic hydroxyl groups is 2. The number of carbonyl (C=O) groups excluding carboxylic acids is 1. The van der Waals surface area contributed by atoms with E-state index in [-0.39, 0.29) is 26.6 Å². The second-order valence-electron chi connectivity index (χ2n) is 7.58. The molecule has 2 heterocycles. The summed E-state index contributed by atoms with van der Waals surface area (Å²) in [6, 6.07) is 9.09. The normalized spacial score (nSPS) is 14.0. The number of alkyl halides is 1. The molecule has 2 aliphatic rings. The average Bonchev–Trinajstić information content (AvgIpc) is 3.44. The molecule has 2 aliphatic heterocycles. The van der Waals surface area contributed by atoms with E-state index in [1.807, 2.05) is 12.1 Å². The fraction of sp³-hybridized carbons (Fsp3) is 0.292. The first-order chi connectivity index (χ1) is 15.7. The first-order valence-corrected chi connectivity index (χ1v) is 10.8. The van der Waals surface area contributed by atoms with Crippen molar-refractivity contribution in [3.63, 3.8) is 0 Å². The highest BCUT2D eigenvalue weighted by Gasteiger charge is 2.33. The van der Waals surface area contributed by atoms with E-state index >= 15 is 0 Å². The minimum Gasteiger partial charge on any atom is -0.492 e. The predicted octanol–water partition coefficient (Wildman–Crippen LogP) is 3.90. The van der Waals surface area contributed by atoms with Crippen molar-refractivity contribution in [2.75, 3.05) is 19.3 Å². The molecule has 0 radical (unpaired) electrons. The van der Waals surface area contributed by atoms with Crippen molar-refractivity contribution < 1.29 is 34.0 Å². The van der Waals surface area contributed by atoms with Crippen LogP contribution < -0.4 is 14.2 Å². The van der Waals surface area contributed by atoms with Crippen molar-refractivity contribution in [1.29, 1.82) is 0 Å². The molecule has 3 aromatic rings. The highest BCUT2D eigenvalue weighted by atomic mass is 35.5. The Hall–Kier alpha value is -3.00. The maximum absolute atomic E-state index is 12.9. The number of hydrogen-bond acceptors (Lipinski definition) is 7. The number of aliphatic hydroxyl groups excluding tert-OH is 2. The Morgan fingerprint density at radius 2 is 1.69 bits per heavy atom. The summed E-state index contributed by atoms with van der Waals surface area (Å²) < 4.78 is 22.5. The minimum absolute atomic E-state index is 0.0913. The molecule has 0 bridgehead atoms. The van der Waals surface area contributed by atoms with Gasteiger partial charge in [0.2, 0.25) is 6.79 Å². The zero-order valence-corrected chi connectivity index (χ0v) is 17.9. The van der Waals surface area contributed by atoms with E-state index < -0.39 is 5.97 Å². The van der Waals surface area contributed by atoms with E-state index in [4.69, 9.17) is 30.5 Å². The molecule has 7 nitrogen and oxygen atoms in total. The smallest absolute Gasteiger partial charge is 0.339 e. The Morgan fingerprint density at radius 3 is 2.44 bits per heavy atom. The molecule has 0 fully saturated rings. The summed E-state index contributed by atoms with van der Waals surface area (Å²) in [5, 5.41) is 21.2. The molecule has 5 rings (SSSR count). The number of hydrogen-bond donors (Lipinski definition) is 2. The van der Waals surface area contributed by atoms with Crippen LogP contribution in [0.15, 0.2) is 30.3 Å². The lowest BCUT2D eigenvalue weighted by atomic mass is 9.87. The highest BCUT2D eigenvalue weighted by Crippen LogP contribution is 2.47. The molecule has 0 saturated carbocycles. The molecule has 0 saturated heterocycles. The molecule has 0 atom stereocenters. The number of fused-ring (bicyclic) bond motifs is 3. The number of halogens is 1. The second-order valence-corrected chi connectivity index (χ2v) is 7.95. The summed E-state index contributed by atoms with van der Waals surface area (Å²) in [5.74, 6) is 1.77. The van der Waals surface area contributed by atoms with Gasteiger partial charge in [0.15, 0.2) is 11.5 Å². The van der Waals surface area contributed by atoms with Crippen molar-refractivity contribution in [3.05, 3.63) is 52.6 Å². The van der Waals surface area contributed by atoms with Gasteiger partial charge < -0.3 is 29.2 Å². The quantitative estimate of drug-likeness (QED) is 0.316. The van der Waals surface area contributed by atoms with Crippen LogP contribution >= 0.6 is 11.6 Å². The van der Waals surface area contributed by atoms with Gasteiger partial charge in [0.25, 0.3) is 0 Å². The van der Waals surface area contributed by atoms with Gasteiger partial charge in [-0.05, 0) is 52.8 Å². The van der Waals surface area contributed by atoms with Crippen LogP contribution in [0.3, 0.4) is 0 Å². The lowest BCUT2D eigenvalue weighted by Gasteiger charge is -2.19. The van der Waals surface area contributed by atoms with E-state index in [1.165, 1.54) is 0 Å². The molecule has 0 aromatic heterocycles. The summed E-state index contributed by atoms with van der Waals surface area (Å²) >= 11 is 5.82. The predicted molar refractivity (Wildman–Crippen MR) is 117 cm³/mol. The molecule has 32 heavy (non-hydrogen) atoms. The van der Waals surface area contributed by atoms with Crippen molar-refractivity contribution in [2.24, 2.45) is 0 Å². The van der Waals surface area contributed by atoms with Crippen molar-refractivity contribution in [3.8, 4) is 28.4 Å². The zero-order valence-electron chi connectivity index (χ0n) is 17.2. The SMILES string of the molecule is O=C1OCc2c1c(-c1ccc3c(c1)OCO3)c1cc(CO)c(CO)cc1c2OCCCCl. The third kappa shape index (κ3) is 3.33. The number of rotatable bonds is 7. The Bertz CT molecular complexity index is 1220. The van der Waals surface area contributed by atoms with Gasteiger partial charge in [-0.1, -0.05) is 6.07 Å². The van der Waals surface area contributed by atoms with Gasteiger partial charge in [-0.25, -0.2) is 4.79 Å². The minimum atomic E-state index is -0.437. The van der Waals surface area contributed by atoms with Crippen LogP contribution in [-0.4, -0.2) is 35.5 Å². The van der Waals surface area contributed by atoms with E-state index in [1.54, 1.807) is 18.2 Å². The first kappa shape index (κ1) is 20.9. The highest BCUT2D eigenvalue weighted by molar-refractivity contribution is 6.17. The largest absolute Gasteiger partial charge is 0.492 e. The van der Waals surface area contributed by atoms with Crippen LogP contribution in [0.25, 0.3) is 21.9 Å². The molecule has 0 unspecified atom stereocenters. The van der Waals surface area contributed by atoms with Gasteiger partial charge in [0.1, 0.15) is 12.4 Å². The Kier molecular flexibility index (Phi) is 5.55. The monoisotopic (exact) mass is 456 g/mol. The van der Waals surface area contributed by atoms with Gasteiger partial charge in [-0.3, -0.25) is 0 Å². The van der Waals surface area contributed by atoms with Gasteiger partial charge in [0.05, 0.1) is 25.4 Å². The maximum Gasteiger partial charge on any atom is 0.339 e. The lowest BCUT2D eigenvalue weighted by Crippen LogP contribution is -2.06. The number of carbonyl (C=O) groups is 1. The topological polar surface area (TPSA) is 94.5 Å². The molecule has 8 heteroatoms. The average molecular weight is 457 g/mol. The van der Waals surface area contributed by atoms with Crippen molar-refractivity contribution in [1.82, 2.24) is 0 Å². The maximum atomic E-state index is 12.9. The summed E-state index contributed by atoms with van der Waals surface area (Å²) in [7, 11) is 0. The Morgan fingerprint density at radius 1 is 0.938 bits per heavy atom. The van der Waals surface area contributed by atoms with Gasteiger partial charge in [-0.15, -0.1) is 11.6 Å². The summed E-state index contributed by atoms with van der Waals surface area (Å²) in [5.41, 5.74) is 3.66. The molecule has 0 spiro atoms. The number of benzene rings is 3. The third-order valence-corrected chi connectivity index (χ3v) is 6.02. The number of ether oxygens (including phenoxy) is 4. The van der Waals surface area contributed by atoms with Gasteiger partial charge in [-0.2, -0.15) is 0 Å². The van der Waals surface area contributed by atoms with Crippen LogP contribution in [0, 0.1) is 0 Å². The molecule has 3 aromatic carbocycles. The van der Waals surface area contributed by atoms with Crippen LogP contribution in [0.4, 0.5) is 0 Å². The molecular weight excluding hydrogens is 436 g/mol. The molecule has 2 N–H and O–H groups in total. The first-order valence-electron chi connectivity index (χ1n) is 10.3. The van der Waals surface area contributed by atoms with E-state index in [9.17, 15) is 15.0 Å². The van der Waals surface area contributed by atoms with Crippen LogP contribution in [0.5, 0.6) is 17.2 Å². The van der Waals surface area contributed by atoms with Crippen molar-refractivity contribution in [2.45, 2.75) is 26.2 Å². The Labute approximate surface area is 189 Å². The van der Waals surface area contributed by atoms with Crippen LogP contribution in [0.2, 0.25) is 0 Å². The standard InChI is InChI=1S/C24H21ClO7/c25-4-1-5-29-23-17-7-15(10-27)14(9-26)6-16(17)21(22-18(23)11-30-24(22)28)13-2-3-19-20(8-13)32-12-31-19/h2-3,6-8,26-27H,1,4-5,9-12H2. The molecule has 166 valence electrons. The van der Waals surface area contributed by atoms with Crippen LogP contribution in [-0.2, 0) is 24.6 Å². The fourth-order valence-corrected chi connectivity index (χ4v) is 4.37. The molecular formula is C24H21ClO7. The Balaban J connectivity index is 1.83. The summed E-state index contributed by atoms with van der Waals surface area (Å²) in [6.07, 6.45) is 0.637. The van der Waals surface area contributed by atoms with E-state index in [2.05, 4.69) is 0 Å². The molecule has 0 amide bonds. The fourth-order valence-electron chi connectivity index (χ4n) is 4.26. The van der Waals surface area contributed by atoms with Crippen molar-refractivity contribution >= 4 is 28.3 Å². The van der Waals surface area contributed by atoms with Gasteiger partial charge >= 0.3 is 5.97 Å². The zero-order chi connectivity index (χ0) is 22.2. The van der Waals surface area contributed by atoms with E-state index in [0.717, 1.165) is 10.9 Å². The lowest BCUT2D eigenvalue weighted by molar-refractivity contribution is 0.0534. The molecule has 0 aliphatic carbocycles. The second kappa shape index (κ2) is 8.50. The summed E-state index contributed by atoms with van der Waals surface area (Å²) in [4.78, 5) is 12.9. The van der Waals surface area contributed by atoms with E-state index in [0.29, 0.717) is 69.4 Å². The number of esters is 1.